The molecule has 0 aromatic carbocycles. The Morgan fingerprint density at radius 2 is 2.50 bits per heavy atom. The SMILES string of the molecule is C=CC[SiH2]O.[H-].[Na+]. The second-order valence-corrected chi connectivity index (χ2v) is 1.83. The van der Waals surface area contributed by atoms with Crippen molar-refractivity contribution in [2.45, 2.75) is 6.04 Å². The molecule has 6 heavy (non-hydrogen) atoms. The summed E-state index contributed by atoms with van der Waals surface area (Å²) in [5.41, 5.74) is 0. The van der Waals surface area contributed by atoms with Gasteiger partial charge in [0.15, 0.2) is 9.76 Å². The van der Waals surface area contributed by atoms with Gasteiger partial charge in [0.05, 0.1) is 0 Å². The fraction of sp³-hybridized carbons (Fsp3) is 0.333. The molecule has 0 aliphatic carbocycles. The predicted molar refractivity (Wildman–Crippen MR) is 26.9 cm³/mol. The summed E-state index contributed by atoms with van der Waals surface area (Å²) in [7, 11) is -0.704. The molecule has 0 radical (unpaired) electrons. The Balaban J connectivity index is -0.0000000800. The van der Waals surface area contributed by atoms with E-state index < -0.39 is 9.76 Å². The van der Waals surface area contributed by atoms with Crippen LogP contribution in [0.1, 0.15) is 1.43 Å². The van der Waals surface area contributed by atoms with Crippen molar-refractivity contribution in [1.82, 2.24) is 0 Å². The minimum absolute atomic E-state index is 0. The van der Waals surface area contributed by atoms with Crippen LogP contribution in [0.4, 0.5) is 0 Å². The summed E-state index contributed by atoms with van der Waals surface area (Å²) in [4.78, 5) is 8.13. The van der Waals surface area contributed by atoms with Crippen molar-refractivity contribution in [1.29, 1.82) is 0 Å². The molecular formula is C3H9NaOSi. The molecule has 0 aromatic heterocycles. The third kappa shape index (κ3) is 8.87. The zero-order valence-corrected chi connectivity index (χ0v) is 7.56. The molecule has 0 unspecified atom stereocenters. The van der Waals surface area contributed by atoms with Crippen LogP contribution in [0.15, 0.2) is 12.7 Å². The normalized spacial score (nSPS) is 8.17. The van der Waals surface area contributed by atoms with E-state index in [1.54, 1.807) is 6.08 Å². The molecule has 1 N–H and O–H groups in total. The first-order chi connectivity index (χ1) is 2.41. The van der Waals surface area contributed by atoms with E-state index in [1.165, 1.54) is 0 Å². The number of hydrogen-bond acceptors (Lipinski definition) is 1. The third-order valence-corrected chi connectivity index (χ3v) is 1.000. The average Bonchev–Trinajstić information content (AvgIpc) is 1.41. The second-order valence-electron chi connectivity index (χ2n) is 0.801. The van der Waals surface area contributed by atoms with Crippen molar-refractivity contribution < 1.29 is 35.8 Å². The van der Waals surface area contributed by atoms with E-state index in [2.05, 4.69) is 6.58 Å². The van der Waals surface area contributed by atoms with Crippen LogP contribution in [-0.2, 0) is 0 Å². The fourth-order valence-electron chi connectivity index (χ4n) is 0.0913. The predicted octanol–water partition coefficient (Wildman–Crippen LogP) is -3.22. The van der Waals surface area contributed by atoms with Gasteiger partial charge in [-0.25, -0.2) is 0 Å². The first kappa shape index (κ1) is 10.0. The van der Waals surface area contributed by atoms with Crippen molar-refractivity contribution in [2.75, 3.05) is 0 Å². The Bertz CT molecular complexity index is 36.1. The van der Waals surface area contributed by atoms with Gasteiger partial charge in [0.1, 0.15) is 0 Å². The van der Waals surface area contributed by atoms with Crippen molar-refractivity contribution in [3.8, 4) is 0 Å². The molecule has 32 valence electrons. The van der Waals surface area contributed by atoms with Gasteiger partial charge in [0.25, 0.3) is 0 Å². The van der Waals surface area contributed by atoms with Crippen molar-refractivity contribution >= 4 is 9.76 Å². The molecule has 0 aliphatic rings. The van der Waals surface area contributed by atoms with Crippen molar-refractivity contribution in [3.63, 3.8) is 0 Å². The Morgan fingerprint density at radius 1 is 2.00 bits per heavy atom. The van der Waals surface area contributed by atoms with Crippen LogP contribution in [0, 0.1) is 0 Å². The fourth-order valence-corrected chi connectivity index (χ4v) is 0.274. The molecule has 0 aromatic rings. The summed E-state index contributed by atoms with van der Waals surface area (Å²) in [5, 5.41) is 0. The minimum Gasteiger partial charge on any atom is -1.00 e. The maximum absolute atomic E-state index is 8.13. The topological polar surface area (TPSA) is 20.2 Å². The molecule has 3 heteroatoms. The molecule has 0 amide bonds. The first-order valence-corrected chi connectivity index (χ1v) is 3.27. The molecule has 1 nitrogen and oxygen atoms in total. The molecule has 0 fully saturated rings. The zero-order valence-electron chi connectivity index (χ0n) is 5.15. The van der Waals surface area contributed by atoms with Crippen molar-refractivity contribution in [2.24, 2.45) is 0 Å². The summed E-state index contributed by atoms with van der Waals surface area (Å²) in [6.45, 7) is 3.43. The molecule has 0 aliphatic heterocycles. The van der Waals surface area contributed by atoms with E-state index in [0.29, 0.717) is 0 Å². The van der Waals surface area contributed by atoms with Gasteiger partial charge in [0.2, 0.25) is 0 Å². The molecule has 0 heterocycles. The van der Waals surface area contributed by atoms with Gasteiger partial charge in [-0.15, -0.1) is 6.58 Å². The van der Waals surface area contributed by atoms with Gasteiger partial charge in [-0.2, -0.15) is 0 Å². The van der Waals surface area contributed by atoms with Crippen LogP contribution in [0.3, 0.4) is 0 Å². The van der Waals surface area contributed by atoms with Crippen LogP contribution >= 0.6 is 0 Å². The van der Waals surface area contributed by atoms with Crippen LogP contribution in [0.2, 0.25) is 6.04 Å². The van der Waals surface area contributed by atoms with Gasteiger partial charge in [0, 0.05) is 0 Å². The summed E-state index contributed by atoms with van der Waals surface area (Å²) in [5.74, 6) is 0. The summed E-state index contributed by atoms with van der Waals surface area (Å²) < 4.78 is 0. The first-order valence-electron chi connectivity index (χ1n) is 1.63. The Morgan fingerprint density at radius 3 is 2.50 bits per heavy atom. The molecule has 0 spiro atoms. The second kappa shape index (κ2) is 9.32. The maximum Gasteiger partial charge on any atom is 1.00 e. The summed E-state index contributed by atoms with van der Waals surface area (Å²) in [6.07, 6.45) is 1.74. The van der Waals surface area contributed by atoms with E-state index in [-0.39, 0.29) is 31.0 Å². The van der Waals surface area contributed by atoms with Gasteiger partial charge in [-0.05, 0) is 6.04 Å². The molecule has 0 atom stereocenters. The van der Waals surface area contributed by atoms with E-state index in [9.17, 15) is 0 Å². The van der Waals surface area contributed by atoms with E-state index in [1.807, 2.05) is 0 Å². The third-order valence-electron chi connectivity index (χ3n) is 0.333. The number of allylic oxidation sites excluding steroid dienone is 1. The van der Waals surface area contributed by atoms with Crippen LogP contribution in [-0.4, -0.2) is 14.6 Å². The van der Waals surface area contributed by atoms with E-state index in [4.69, 9.17) is 4.80 Å². The number of rotatable bonds is 2. The van der Waals surface area contributed by atoms with Crippen LogP contribution in [0.25, 0.3) is 0 Å². The van der Waals surface area contributed by atoms with Gasteiger partial charge in [-0.3, -0.25) is 0 Å². The Labute approximate surface area is 64.2 Å². The summed E-state index contributed by atoms with van der Waals surface area (Å²) >= 11 is 0. The van der Waals surface area contributed by atoms with E-state index in [0.717, 1.165) is 6.04 Å². The Kier molecular flexibility index (Phi) is 15.6. The quantitative estimate of drug-likeness (QED) is 0.294. The molecule has 0 bridgehead atoms. The van der Waals surface area contributed by atoms with Crippen LogP contribution in [0.5, 0.6) is 0 Å². The molecule has 0 saturated heterocycles. The van der Waals surface area contributed by atoms with E-state index >= 15 is 0 Å². The standard InChI is InChI=1S/C3H8OSi.Na.H/c1-2-3-5-4;;/h2,4H,1,3,5H2;;/q;+1;-1. The monoisotopic (exact) mass is 112 g/mol. The molecule has 0 saturated carbocycles. The largest absolute Gasteiger partial charge is 1.00 e. The molecular weight excluding hydrogens is 103 g/mol. The zero-order chi connectivity index (χ0) is 4.12. The van der Waals surface area contributed by atoms with Gasteiger partial charge >= 0.3 is 29.6 Å². The van der Waals surface area contributed by atoms with Gasteiger partial charge < -0.3 is 6.22 Å². The van der Waals surface area contributed by atoms with Gasteiger partial charge in [-0.1, -0.05) is 6.08 Å². The van der Waals surface area contributed by atoms with Crippen molar-refractivity contribution in [3.05, 3.63) is 12.7 Å². The van der Waals surface area contributed by atoms with Crippen LogP contribution < -0.4 is 29.6 Å². The average molecular weight is 112 g/mol. The Hall–Kier alpha value is 0.917. The summed E-state index contributed by atoms with van der Waals surface area (Å²) in [6, 6.07) is 0.847. The molecule has 0 rings (SSSR count). The number of hydrogen-bond donors (Lipinski definition) is 1. The smallest absolute Gasteiger partial charge is 1.00 e. The minimum atomic E-state index is -0.704. The maximum atomic E-state index is 8.13.